The summed E-state index contributed by atoms with van der Waals surface area (Å²) in [6, 6.07) is 5.21. The smallest absolute Gasteiger partial charge is 0.267 e. The Bertz CT molecular complexity index is 658. The molecule has 3 rings (SSSR count). The molecule has 1 amide bonds. The molecule has 0 saturated carbocycles. The molecule has 0 atom stereocenters. The number of hydrogen-bond donors (Lipinski definition) is 2. The average molecular weight is 243 g/mol. The molecule has 0 spiro atoms. The standard InChI is InChI=1S/C13H13N3O2/c1-16-12(13(14)18)10-4-2-7-6-8(17)3-5-9(7)11(10)15-16/h3,5-6,17H,2,4H2,1H3,(H2,14,18). The van der Waals surface area contributed by atoms with Gasteiger partial charge in [-0.2, -0.15) is 5.10 Å². The molecule has 2 aromatic rings. The van der Waals surface area contributed by atoms with E-state index in [9.17, 15) is 9.90 Å². The summed E-state index contributed by atoms with van der Waals surface area (Å²) in [5, 5.41) is 13.9. The molecule has 1 aromatic heterocycles. The van der Waals surface area contributed by atoms with Gasteiger partial charge in [-0.05, 0) is 36.6 Å². The number of aromatic nitrogens is 2. The van der Waals surface area contributed by atoms with Gasteiger partial charge in [-0.3, -0.25) is 9.48 Å². The number of carbonyl (C=O) groups excluding carboxylic acids is 1. The maximum atomic E-state index is 11.4. The zero-order valence-electron chi connectivity index (χ0n) is 9.97. The second kappa shape index (κ2) is 3.60. The van der Waals surface area contributed by atoms with Crippen molar-refractivity contribution in [3.8, 4) is 17.0 Å². The Hall–Kier alpha value is -2.30. The van der Waals surface area contributed by atoms with Crippen molar-refractivity contribution in [2.24, 2.45) is 12.8 Å². The van der Waals surface area contributed by atoms with Crippen LogP contribution in [0.25, 0.3) is 11.3 Å². The molecule has 0 aliphatic heterocycles. The zero-order chi connectivity index (χ0) is 12.9. The quantitative estimate of drug-likeness (QED) is 0.783. The van der Waals surface area contributed by atoms with Crippen LogP contribution in [0, 0.1) is 0 Å². The fraction of sp³-hybridized carbons (Fsp3) is 0.231. The zero-order valence-corrected chi connectivity index (χ0v) is 9.97. The molecule has 5 nitrogen and oxygen atoms in total. The summed E-state index contributed by atoms with van der Waals surface area (Å²) < 4.78 is 1.54. The van der Waals surface area contributed by atoms with Crippen LogP contribution in [0.5, 0.6) is 5.75 Å². The van der Waals surface area contributed by atoms with Crippen LogP contribution < -0.4 is 5.73 Å². The molecule has 1 aliphatic carbocycles. The predicted molar refractivity (Wildman–Crippen MR) is 66.2 cm³/mol. The van der Waals surface area contributed by atoms with Gasteiger partial charge in [0.2, 0.25) is 0 Å². The first kappa shape index (κ1) is 10.8. The van der Waals surface area contributed by atoms with E-state index in [0.29, 0.717) is 5.69 Å². The van der Waals surface area contributed by atoms with Crippen LogP contribution in [0.15, 0.2) is 18.2 Å². The van der Waals surface area contributed by atoms with Gasteiger partial charge < -0.3 is 10.8 Å². The minimum Gasteiger partial charge on any atom is -0.508 e. The summed E-state index contributed by atoms with van der Waals surface area (Å²) in [5.74, 6) is -0.197. The Kier molecular flexibility index (Phi) is 2.16. The third-order valence-electron chi connectivity index (χ3n) is 3.37. The van der Waals surface area contributed by atoms with Crippen molar-refractivity contribution < 1.29 is 9.90 Å². The lowest BCUT2D eigenvalue weighted by Crippen LogP contribution is -2.18. The number of carbonyl (C=O) groups is 1. The van der Waals surface area contributed by atoms with Crippen LogP contribution in [-0.4, -0.2) is 20.8 Å². The van der Waals surface area contributed by atoms with Crippen molar-refractivity contribution in [1.29, 1.82) is 0 Å². The number of phenolic OH excluding ortho intramolecular Hbond substituents is 1. The van der Waals surface area contributed by atoms with E-state index >= 15 is 0 Å². The van der Waals surface area contributed by atoms with Gasteiger partial charge >= 0.3 is 0 Å². The van der Waals surface area contributed by atoms with Crippen molar-refractivity contribution in [2.75, 3.05) is 0 Å². The van der Waals surface area contributed by atoms with E-state index in [2.05, 4.69) is 5.10 Å². The number of hydrogen-bond acceptors (Lipinski definition) is 3. The van der Waals surface area contributed by atoms with Gasteiger partial charge in [0.25, 0.3) is 5.91 Å². The highest BCUT2D eigenvalue weighted by Crippen LogP contribution is 2.35. The van der Waals surface area contributed by atoms with Crippen molar-refractivity contribution >= 4 is 5.91 Å². The molecule has 0 bridgehead atoms. The van der Waals surface area contributed by atoms with Crippen molar-refractivity contribution in [3.63, 3.8) is 0 Å². The topological polar surface area (TPSA) is 81.1 Å². The largest absolute Gasteiger partial charge is 0.508 e. The molecule has 92 valence electrons. The number of nitrogens with zero attached hydrogens (tertiary/aromatic N) is 2. The third-order valence-corrected chi connectivity index (χ3v) is 3.37. The number of phenols is 1. The molecule has 1 aromatic carbocycles. The van der Waals surface area contributed by atoms with Crippen molar-refractivity contribution in [3.05, 3.63) is 35.0 Å². The Balaban J connectivity index is 2.26. The maximum Gasteiger partial charge on any atom is 0.267 e. The number of aryl methyl sites for hydroxylation is 2. The molecule has 0 fully saturated rings. The van der Waals surface area contributed by atoms with E-state index in [1.54, 1.807) is 19.2 Å². The number of aromatic hydroxyl groups is 1. The number of primary amides is 1. The number of fused-ring (bicyclic) bond motifs is 3. The first-order chi connectivity index (χ1) is 8.58. The van der Waals surface area contributed by atoms with E-state index in [1.165, 1.54) is 4.68 Å². The number of nitrogens with two attached hydrogens (primary N) is 1. The van der Waals surface area contributed by atoms with E-state index < -0.39 is 5.91 Å². The third kappa shape index (κ3) is 1.40. The van der Waals surface area contributed by atoms with Crippen molar-refractivity contribution in [2.45, 2.75) is 12.8 Å². The van der Waals surface area contributed by atoms with Crippen LogP contribution >= 0.6 is 0 Å². The molecular weight excluding hydrogens is 230 g/mol. The summed E-state index contributed by atoms with van der Waals surface area (Å²) in [5.41, 5.74) is 9.59. The van der Waals surface area contributed by atoms with Crippen molar-refractivity contribution in [1.82, 2.24) is 9.78 Å². The molecule has 18 heavy (non-hydrogen) atoms. The summed E-state index contributed by atoms with van der Waals surface area (Å²) in [7, 11) is 1.72. The summed E-state index contributed by atoms with van der Waals surface area (Å²) in [6.07, 6.45) is 1.50. The Morgan fingerprint density at radius 2 is 2.22 bits per heavy atom. The highest BCUT2D eigenvalue weighted by atomic mass is 16.3. The van der Waals surface area contributed by atoms with Gasteiger partial charge in [-0.25, -0.2) is 0 Å². The number of rotatable bonds is 1. The van der Waals surface area contributed by atoms with Gasteiger partial charge in [0.1, 0.15) is 11.4 Å². The van der Waals surface area contributed by atoms with E-state index in [-0.39, 0.29) is 5.75 Å². The van der Waals surface area contributed by atoms with Gasteiger partial charge in [0.05, 0.1) is 5.69 Å². The monoisotopic (exact) mass is 243 g/mol. The van der Waals surface area contributed by atoms with Gasteiger partial charge in [-0.1, -0.05) is 0 Å². The Labute approximate surface area is 104 Å². The Morgan fingerprint density at radius 3 is 2.94 bits per heavy atom. The molecular formula is C13H13N3O2. The van der Waals surface area contributed by atoms with Crippen LogP contribution in [0.4, 0.5) is 0 Å². The van der Waals surface area contributed by atoms with Crippen LogP contribution in [0.2, 0.25) is 0 Å². The lowest BCUT2D eigenvalue weighted by atomic mass is 9.89. The fourth-order valence-corrected chi connectivity index (χ4v) is 2.61. The normalized spacial score (nSPS) is 12.9. The van der Waals surface area contributed by atoms with Gasteiger partial charge in [-0.15, -0.1) is 0 Å². The highest BCUT2D eigenvalue weighted by Gasteiger charge is 2.26. The van der Waals surface area contributed by atoms with E-state index in [0.717, 1.165) is 35.2 Å². The maximum absolute atomic E-state index is 11.4. The second-order valence-electron chi connectivity index (χ2n) is 4.51. The highest BCUT2D eigenvalue weighted by molar-refractivity contribution is 5.95. The lowest BCUT2D eigenvalue weighted by Gasteiger charge is -2.15. The summed E-state index contributed by atoms with van der Waals surface area (Å²) in [4.78, 5) is 11.4. The molecule has 5 heteroatoms. The Morgan fingerprint density at radius 1 is 1.44 bits per heavy atom. The van der Waals surface area contributed by atoms with Gasteiger partial charge in [0.15, 0.2) is 0 Å². The first-order valence-electron chi connectivity index (χ1n) is 5.76. The first-order valence-corrected chi connectivity index (χ1v) is 5.76. The molecule has 1 heterocycles. The molecule has 1 aliphatic rings. The molecule has 0 saturated heterocycles. The summed E-state index contributed by atoms with van der Waals surface area (Å²) in [6.45, 7) is 0. The minimum absolute atomic E-state index is 0.253. The molecule has 0 radical (unpaired) electrons. The second-order valence-corrected chi connectivity index (χ2v) is 4.51. The number of benzene rings is 1. The van der Waals surface area contributed by atoms with Crippen LogP contribution in [-0.2, 0) is 19.9 Å². The fourth-order valence-electron chi connectivity index (χ4n) is 2.61. The van der Waals surface area contributed by atoms with E-state index in [1.807, 2.05) is 6.07 Å². The van der Waals surface area contributed by atoms with E-state index in [4.69, 9.17) is 5.73 Å². The predicted octanol–water partition coefficient (Wildman–Crippen LogP) is 0.990. The van der Waals surface area contributed by atoms with Crippen LogP contribution in [0.3, 0.4) is 0 Å². The SMILES string of the molecule is Cn1nc2c(c1C(N)=O)CCc1cc(O)ccc1-2. The number of amides is 1. The molecule has 3 N–H and O–H groups in total. The lowest BCUT2D eigenvalue weighted by molar-refractivity contribution is 0.0990. The van der Waals surface area contributed by atoms with Gasteiger partial charge in [0, 0.05) is 18.2 Å². The molecule has 0 unspecified atom stereocenters. The average Bonchev–Trinajstić information content (AvgIpc) is 2.64. The van der Waals surface area contributed by atoms with Crippen LogP contribution in [0.1, 0.15) is 21.6 Å². The summed E-state index contributed by atoms with van der Waals surface area (Å²) >= 11 is 0. The minimum atomic E-state index is -0.450.